The third kappa shape index (κ3) is 3.52. The Morgan fingerprint density at radius 1 is 1.08 bits per heavy atom. The molecule has 136 valence electrons. The molecule has 4 rings (SSSR count). The van der Waals surface area contributed by atoms with E-state index in [9.17, 15) is 4.79 Å². The van der Waals surface area contributed by atoms with E-state index in [-0.39, 0.29) is 11.8 Å². The van der Waals surface area contributed by atoms with E-state index in [1.54, 1.807) is 0 Å². The summed E-state index contributed by atoms with van der Waals surface area (Å²) in [7, 11) is 0. The van der Waals surface area contributed by atoms with Crippen molar-refractivity contribution in [2.45, 2.75) is 19.8 Å². The molecule has 0 radical (unpaired) electrons. The van der Waals surface area contributed by atoms with Crippen LogP contribution in [0.15, 0.2) is 42.5 Å². The van der Waals surface area contributed by atoms with E-state index in [1.807, 2.05) is 48.2 Å². The summed E-state index contributed by atoms with van der Waals surface area (Å²) in [6.07, 6.45) is 1.56. The number of anilines is 1. The fourth-order valence-electron chi connectivity index (χ4n) is 3.82. The van der Waals surface area contributed by atoms with E-state index in [0.29, 0.717) is 6.61 Å². The maximum atomic E-state index is 13.0. The van der Waals surface area contributed by atoms with Crippen molar-refractivity contribution >= 4 is 11.7 Å². The molecule has 0 aliphatic carbocycles. The summed E-state index contributed by atoms with van der Waals surface area (Å²) in [6, 6.07) is 14.2. The van der Waals surface area contributed by atoms with Gasteiger partial charge in [-0.1, -0.05) is 24.3 Å². The standard InChI is InChI=1S/C21H25N3O2/c1-16-5-4-8-20(22-16)23-10-12-24(13-11-23)21(25)18-9-14-26-19-7-3-2-6-17(19)15-18/h2-8,18H,9-15H2,1H3. The highest BCUT2D eigenvalue weighted by molar-refractivity contribution is 5.79. The van der Waals surface area contributed by atoms with Crippen molar-refractivity contribution in [2.75, 3.05) is 37.7 Å². The van der Waals surface area contributed by atoms with E-state index in [2.05, 4.69) is 16.0 Å². The SMILES string of the molecule is Cc1cccc(N2CCN(C(=O)C3CCOc4ccccc4C3)CC2)n1. The lowest BCUT2D eigenvalue weighted by Gasteiger charge is -2.37. The molecule has 2 aliphatic rings. The van der Waals surface area contributed by atoms with Crippen LogP contribution in [0.1, 0.15) is 17.7 Å². The number of para-hydroxylation sites is 1. The van der Waals surface area contributed by atoms with Gasteiger partial charge in [0.05, 0.1) is 6.61 Å². The number of aromatic nitrogens is 1. The number of aryl methyl sites for hydroxylation is 1. The second kappa shape index (κ2) is 7.36. The average Bonchev–Trinajstić information content (AvgIpc) is 2.90. The maximum Gasteiger partial charge on any atom is 0.226 e. The minimum absolute atomic E-state index is 0.0160. The molecule has 3 heterocycles. The lowest BCUT2D eigenvalue weighted by Crippen LogP contribution is -2.51. The number of carbonyl (C=O) groups is 1. The summed E-state index contributed by atoms with van der Waals surface area (Å²) in [6.45, 7) is 5.81. The molecule has 1 aromatic heterocycles. The quantitative estimate of drug-likeness (QED) is 0.835. The van der Waals surface area contributed by atoms with Gasteiger partial charge in [-0.15, -0.1) is 0 Å². The third-order valence-corrected chi connectivity index (χ3v) is 5.30. The number of fused-ring (bicyclic) bond motifs is 1. The Hall–Kier alpha value is -2.56. The molecular weight excluding hydrogens is 326 g/mol. The Morgan fingerprint density at radius 2 is 1.88 bits per heavy atom. The highest BCUT2D eigenvalue weighted by Crippen LogP contribution is 2.28. The van der Waals surface area contributed by atoms with Gasteiger partial charge in [0, 0.05) is 37.8 Å². The lowest BCUT2D eigenvalue weighted by molar-refractivity contribution is -0.136. The summed E-state index contributed by atoms with van der Waals surface area (Å²) < 4.78 is 5.82. The number of pyridine rings is 1. The molecule has 0 N–H and O–H groups in total. The molecule has 0 bridgehead atoms. The van der Waals surface area contributed by atoms with Crippen molar-refractivity contribution in [2.24, 2.45) is 5.92 Å². The average molecular weight is 351 g/mol. The van der Waals surface area contributed by atoms with E-state index in [1.165, 1.54) is 0 Å². The van der Waals surface area contributed by atoms with Crippen molar-refractivity contribution in [3.8, 4) is 5.75 Å². The Labute approximate surface area is 154 Å². The zero-order valence-electron chi connectivity index (χ0n) is 15.2. The van der Waals surface area contributed by atoms with Crippen LogP contribution in [0.3, 0.4) is 0 Å². The van der Waals surface area contributed by atoms with Crippen LogP contribution in [0.5, 0.6) is 5.75 Å². The van der Waals surface area contributed by atoms with Crippen molar-refractivity contribution in [3.63, 3.8) is 0 Å². The summed E-state index contributed by atoms with van der Waals surface area (Å²) in [5, 5.41) is 0. The molecule has 1 aromatic carbocycles. The molecule has 2 aliphatic heterocycles. The van der Waals surface area contributed by atoms with Gasteiger partial charge in [0.1, 0.15) is 11.6 Å². The Balaban J connectivity index is 1.39. The van der Waals surface area contributed by atoms with Crippen LogP contribution in [0.2, 0.25) is 0 Å². The minimum Gasteiger partial charge on any atom is -0.493 e. The second-order valence-electron chi connectivity index (χ2n) is 7.10. The Morgan fingerprint density at radius 3 is 2.69 bits per heavy atom. The van der Waals surface area contributed by atoms with E-state index in [0.717, 1.165) is 61.8 Å². The van der Waals surface area contributed by atoms with Crippen LogP contribution in [0.4, 0.5) is 5.82 Å². The fraction of sp³-hybridized carbons (Fsp3) is 0.429. The molecular formula is C21H25N3O2. The first-order valence-corrected chi connectivity index (χ1v) is 9.39. The third-order valence-electron chi connectivity index (χ3n) is 5.30. The predicted octanol–water partition coefficient (Wildman–Crippen LogP) is 2.68. The van der Waals surface area contributed by atoms with E-state index < -0.39 is 0 Å². The number of amides is 1. The molecule has 0 saturated carbocycles. The van der Waals surface area contributed by atoms with Crippen LogP contribution in [-0.2, 0) is 11.2 Å². The van der Waals surface area contributed by atoms with Gasteiger partial charge < -0.3 is 14.5 Å². The molecule has 2 aromatic rings. The van der Waals surface area contributed by atoms with Gasteiger partial charge in [0.2, 0.25) is 5.91 Å². The minimum atomic E-state index is 0.0160. The van der Waals surface area contributed by atoms with Gasteiger partial charge in [-0.3, -0.25) is 4.79 Å². The number of nitrogens with zero attached hydrogens (tertiary/aromatic N) is 3. The number of benzene rings is 1. The summed E-state index contributed by atoms with van der Waals surface area (Å²) in [5.41, 5.74) is 2.17. The first-order chi connectivity index (χ1) is 12.7. The summed E-state index contributed by atoms with van der Waals surface area (Å²) >= 11 is 0. The molecule has 26 heavy (non-hydrogen) atoms. The fourth-order valence-corrected chi connectivity index (χ4v) is 3.82. The molecule has 5 heteroatoms. The lowest BCUT2D eigenvalue weighted by atomic mass is 9.95. The number of hydrogen-bond acceptors (Lipinski definition) is 4. The molecule has 5 nitrogen and oxygen atoms in total. The van der Waals surface area contributed by atoms with Crippen LogP contribution in [0.25, 0.3) is 0 Å². The Bertz CT molecular complexity index is 784. The topological polar surface area (TPSA) is 45.7 Å². The zero-order valence-corrected chi connectivity index (χ0v) is 15.2. The summed E-state index contributed by atoms with van der Waals surface area (Å²) in [5.74, 6) is 2.22. The van der Waals surface area contributed by atoms with Gasteiger partial charge in [0.15, 0.2) is 0 Å². The van der Waals surface area contributed by atoms with Crippen molar-refractivity contribution in [1.82, 2.24) is 9.88 Å². The molecule has 1 amide bonds. The van der Waals surface area contributed by atoms with Crippen molar-refractivity contribution in [1.29, 1.82) is 0 Å². The van der Waals surface area contributed by atoms with Gasteiger partial charge in [-0.25, -0.2) is 4.98 Å². The molecule has 1 atom stereocenters. The molecule has 1 saturated heterocycles. The largest absolute Gasteiger partial charge is 0.493 e. The van der Waals surface area contributed by atoms with Crippen LogP contribution < -0.4 is 9.64 Å². The number of hydrogen-bond donors (Lipinski definition) is 0. The number of carbonyl (C=O) groups excluding carboxylic acids is 1. The first-order valence-electron chi connectivity index (χ1n) is 9.39. The van der Waals surface area contributed by atoms with E-state index in [4.69, 9.17) is 4.74 Å². The normalized spacial score (nSPS) is 20.1. The van der Waals surface area contributed by atoms with Crippen molar-refractivity contribution < 1.29 is 9.53 Å². The molecule has 1 unspecified atom stereocenters. The maximum absolute atomic E-state index is 13.0. The second-order valence-corrected chi connectivity index (χ2v) is 7.10. The van der Waals surface area contributed by atoms with Crippen LogP contribution in [0, 0.1) is 12.8 Å². The molecule has 1 fully saturated rings. The number of ether oxygens (including phenoxy) is 1. The molecule has 0 spiro atoms. The van der Waals surface area contributed by atoms with Gasteiger partial charge in [-0.2, -0.15) is 0 Å². The summed E-state index contributed by atoms with van der Waals surface area (Å²) in [4.78, 5) is 21.9. The smallest absolute Gasteiger partial charge is 0.226 e. The van der Waals surface area contributed by atoms with E-state index >= 15 is 0 Å². The van der Waals surface area contributed by atoms with Gasteiger partial charge >= 0.3 is 0 Å². The van der Waals surface area contributed by atoms with Crippen molar-refractivity contribution in [3.05, 3.63) is 53.7 Å². The Kier molecular flexibility index (Phi) is 4.78. The zero-order chi connectivity index (χ0) is 17.9. The first kappa shape index (κ1) is 16.9. The highest BCUT2D eigenvalue weighted by Gasteiger charge is 2.30. The van der Waals surface area contributed by atoms with Gasteiger partial charge in [-0.05, 0) is 43.5 Å². The highest BCUT2D eigenvalue weighted by atomic mass is 16.5. The number of piperazine rings is 1. The predicted molar refractivity (Wildman–Crippen MR) is 102 cm³/mol. The van der Waals surface area contributed by atoms with Crippen LogP contribution in [-0.4, -0.2) is 48.6 Å². The van der Waals surface area contributed by atoms with Gasteiger partial charge in [0.25, 0.3) is 0 Å². The monoisotopic (exact) mass is 351 g/mol. The van der Waals surface area contributed by atoms with Crippen LogP contribution >= 0.6 is 0 Å². The number of rotatable bonds is 2.